The third-order valence-corrected chi connectivity index (χ3v) is 4.32. The van der Waals surface area contributed by atoms with Gasteiger partial charge >= 0.3 is 6.03 Å². The Morgan fingerprint density at radius 1 is 1.12 bits per heavy atom. The number of carbonyl (C=O) groups excluding carboxylic acids is 2. The number of nitrogens with one attached hydrogen (secondary N) is 1. The first-order valence-electron chi connectivity index (χ1n) is 8.37. The molecule has 1 aliphatic rings. The minimum atomic E-state index is -0.486. The van der Waals surface area contributed by atoms with E-state index in [0.717, 1.165) is 22.6 Å². The lowest BCUT2D eigenvalue weighted by Gasteiger charge is -2.12. The quantitative estimate of drug-likeness (QED) is 0.617. The molecule has 1 fully saturated rings. The zero-order valence-electron chi connectivity index (χ0n) is 14.5. The summed E-state index contributed by atoms with van der Waals surface area (Å²) in [6, 6.07) is 13.4. The van der Waals surface area contributed by atoms with Gasteiger partial charge in [0.25, 0.3) is 5.91 Å². The van der Waals surface area contributed by atoms with Crippen LogP contribution in [-0.2, 0) is 4.79 Å². The van der Waals surface area contributed by atoms with E-state index in [1.807, 2.05) is 31.2 Å². The number of anilines is 1. The summed E-state index contributed by atoms with van der Waals surface area (Å²) in [7, 11) is 0. The number of hydrogen-bond acceptors (Lipinski definition) is 3. The van der Waals surface area contributed by atoms with Crippen LogP contribution < -0.4 is 15.0 Å². The summed E-state index contributed by atoms with van der Waals surface area (Å²) in [5.74, 6) is 0.364. The molecule has 0 aliphatic carbocycles. The van der Waals surface area contributed by atoms with Crippen LogP contribution in [0.25, 0.3) is 6.08 Å². The van der Waals surface area contributed by atoms with Gasteiger partial charge in [0.2, 0.25) is 0 Å². The van der Waals surface area contributed by atoms with Gasteiger partial charge in [-0.1, -0.05) is 30.7 Å². The van der Waals surface area contributed by atoms with Crippen molar-refractivity contribution < 1.29 is 14.3 Å². The lowest BCUT2D eigenvalue weighted by Crippen LogP contribution is -2.30. The molecular formula is C20H19ClN2O3. The highest BCUT2D eigenvalue weighted by atomic mass is 35.5. The third kappa shape index (κ3) is 3.89. The molecule has 1 aliphatic heterocycles. The summed E-state index contributed by atoms with van der Waals surface area (Å²) >= 11 is 5.85. The highest BCUT2D eigenvalue weighted by Crippen LogP contribution is 2.24. The molecule has 5 nitrogen and oxygen atoms in total. The lowest BCUT2D eigenvalue weighted by molar-refractivity contribution is -0.113. The van der Waals surface area contributed by atoms with E-state index in [1.54, 1.807) is 30.3 Å². The molecule has 1 N–H and O–H groups in total. The Bertz CT molecular complexity index is 844. The first kappa shape index (κ1) is 18.0. The van der Waals surface area contributed by atoms with Gasteiger partial charge in [-0.2, -0.15) is 0 Å². The Hall–Kier alpha value is -2.79. The normalized spacial score (nSPS) is 16.7. The molecule has 1 heterocycles. The van der Waals surface area contributed by atoms with E-state index in [1.165, 1.54) is 0 Å². The molecule has 0 unspecified atom stereocenters. The molecule has 134 valence electrons. The molecular weight excluding hydrogens is 352 g/mol. The van der Waals surface area contributed by atoms with Crippen molar-refractivity contribution in [1.29, 1.82) is 0 Å². The first-order chi connectivity index (χ1) is 12.5. The number of nitrogens with zero attached hydrogens (tertiary/aromatic N) is 1. The zero-order valence-corrected chi connectivity index (χ0v) is 15.3. The van der Waals surface area contributed by atoms with Crippen molar-refractivity contribution in [3.8, 4) is 5.75 Å². The average Bonchev–Trinajstić information content (AvgIpc) is 2.91. The van der Waals surface area contributed by atoms with E-state index >= 15 is 0 Å². The molecule has 0 bridgehead atoms. The number of carbonyl (C=O) groups is 2. The highest BCUT2D eigenvalue weighted by molar-refractivity contribution is 6.31. The fraction of sp³-hybridized carbons (Fsp3) is 0.200. The van der Waals surface area contributed by atoms with Crippen molar-refractivity contribution in [2.24, 2.45) is 0 Å². The van der Waals surface area contributed by atoms with Crippen LogP contribution in [0.15, 0.2) is 54.2 Å². The highest BCUT2D eigenvalue weighted by Gasteiger charge is 2.34. The van der Waals surface area contributed by atoms with E-state index in [4.69, 9.17) is 16.3 Å². The van der Waals surface area contributed by atoms with Crippen LogP contribution in [0.1, 0.15) is 25.8 Å². The molecule has 0 aromatic heterocycles. The molecule has 0 spiro atoms. The van der Waals surface area contributed by atoms with E-state index < -0.39 is 11.9 Å². The molecule has 1 saturated heterocycles. The van der Waals surface area contributed by atoms with Gasteiger partial charge in [0.05, 0.1) is 11.8 Å². The van der Waals surface area contributed by atoms with Crippen LogP contribution >= 0.6 is 11.6 Å². The Morgan fingerprint density at radius 2 is 1.77 bits per heavy atom. The Morgan fingerprint density at radius 3 is 2.38 bits per heavy atom. The monoisotopic (exact) mass is 370 g/mol. The van der Waals surface area contributed by atoms with Gasteiger partial charge in [0.15, 0.2) is 0 Å². The maximum absolute atomic E-state index is 12.6. The van der Waals surface area contributed by atoms with Crippen LogP contribution in [0.5, 0.6) is 5.75 Å². The van der Waals surface area contributed by atoms with Gasteiger partial charge in [-0.15, -0.1) is 0 Å². The van der Waals surface area contributed by atoms with Gasteiger partial charge in [0.1, 0.15) is 11.4 Å². The van der Waals surface area contributed by atoms with E-state index in [2.05, 4.69) is 12.2 Å². The fourth-order valence-electron chi connectivity index (χ4n) is 2.48. The van der Waals surface area contributed by atoms with Crippen LogP contribution in [0.2, 0.25) is 5.02 Å². The van der Waals surface area contributed by atoms with Gasteiger partial charge in [0, 0.05) is 5.02 Å². The minimum absolute atomic E-state index is 0.142. The number of halogens is 1. The SMILES string of the molecule is CC[C@@H](C)Oc1ccc(/C=C2/NC(=O)N(c3ccc(Cl)cc3)C2=O)cc1. The predicted octanol–water partition coefficient (Wildman–Crippen LogP) is 4.61. The van der Waals surface area contributed by atoms with Gasteiger partial charge in [-0.25, -0.2) is 9.69 Å². The number of amides is 3. The van der Waals surface area contributed by atoms with Gasteiger partial charge < -0.3 is 10.1 Å². The van der Waals surface area contributed by atoms with Crippen LogP contribution in [0, 0.1) is 0 Å². The lowest BCUT2D eigenvalue weighted by atomic mass is 10.1. The van der Waals surface area contributed by atoms with E-state index in [0.29, 0.717) is 10.7 Å². The van der Waals surface area contributed by atoms with Crippen molar-refractivity contribution in [3.05, 3.63) is 64.8 Å². The van der Waals surface area contributed by atoms with Crippen LogP contribution in [-0.4, -0.2) is 18.0 Å². The second kappa shape index (κ2) is 7.62. The molecule has 2 aromatic rings. The van der Waals surface area contributed by atoms with Crippen molar-refractivity contribution in [2.75, 3.05) is 4.90 Å². The summed E-state index contributed by atoms with van der Waals surface area (Å²) in [6.45, 7) is 4.07. The second-order valence-corrected chi connectivity index (χ2v) is 6.45. The number of imide groups is 1. The number of hydrogen-bond donors (Lipinski definition) is 1. The third-order valence-electron chi connectivity index (χ3n) is 4.07. The van der Waals surface area contributed by atoms with E-state index in [9.17, 15) is 9.59 Å². The number of urea groups is 1. The minimum Gasteiger partial charge on any atom is -0.491 e. The Kier molecular flexibility index (Phi) is 5.28. The molecule has 3 amide bonds. The van der Waals surface area contributed by atoms with E-state index in [-0.39, 0.29) is 11.8 Å². The summed E-state index contributed by atoms with van der Waals surface area (Å²) < 4.78 is 5.73. The molecule has 0 saturated carbocycles. The summed E-state index contributed by atoms with van der Waals surface area (Å²) in [5.41, 5.74) is 1.49. The van der Waals surface area contributed by atoms with Crippen molar-refractivity contribution in [1.82, 2.24) is 5.32 Å². The van der Waals surface area contributed by atoms with Gasteiger partial charge in [-0.05, 0) is 61.4 Å². The zero-order chi connectivity index (χ0) is 18.7. The Balaban J connectivity index is 1.78. The Labute approximate surface area is 157 Å². The molecule has 0 radical (unpaired) electrons. The van der Waals surface area contributed by atoms with Crippen LogP contribution in [0.3, 0.4) is 0 Å². The maximum atomic E-state index is 12.6. The summed E-state index contributed by atoms with van der Waals surface area (Å²) in [6.07, 6.45) is 2.71. The predicted molar refractivity (Wildman–Crippen MR) is 102 cm³/mol. The standard InChI is InChI=1S/C20H19ClN2O3/c1-3-13(2)26-17-10-4-14(5-11-17)12-18-19(24)23(20(25)22-18)16-8-6-15(21)7-9-16/h4-13H,3H2,1-2H3,(H,22,25)/b18-12+/t13-/m1/s1. The molecule has 3 rings (SSSR count). The molecule has 6 heteroatoms. The molecule has 26 heavy (non-hydrogen) atoms. The van der Waals surface area contributed by atoms with Gasteiger partial charge in [-0.3, -0.25) is 4.79 Å². The summed E-state index contributed by atoms with van der Waals surface area (Å²) in [5, 5.41) is 3.14. The largest absolute Gasteiger partial charge is 0.491 e. The molecule has 1 atom stereocenters. The smallest absolute Gasteiger partial charge is 0.333 e. The van der Waals surface area contributed by atoms with Crippen molar-refractivity contribution in [3.63, 3.8) is 0 Å². The van der Waals surface area contributed by atoms with Crippen LogP contribution in [0.4, 0.5) is 10.5 Å². The average molecular weight is 371 g/mol. The van der Waals surface area contributed by atoms with Crippen molar-refractivity contribution in [2.45, 2.75) is 26.4 Å². The number of ether oxygens (including phenoxy) is 1. The topological polar surface area (TPSA) is 58.6 Å². The fourth-order valence-corrected chi connectivity index (χ4v) is 2.61. The van der Waals surface area contributed by atoms with Crippen molar-refractivity contribution >= 4 is 35.3 Å². The summed E-state index contributed by atoms with van der Waals surface area (Å²) in [4.78, 5) is 25.8. The first-order valence-corrected chi connectivity index (χ1v) is 8.75. The molecule has 2 aromatic carbocycles. The number of benzene rings is 2. The number of rotatable bonds is 5. The second-order valence-electron chi connectivity index (χ2n) is 6.01. The maximum Gasteiger partial charge on any atom is 0.333 e.